The van der Waals surface area contributed by atoms with Gasteiger partial charge in [0.05, 0.1) is 6.10 Å². The van der Waals surface area contributed by atoms with Gasteiger partial charge >= 0.3 is 0 Å². The SMILES string of the molecule is C=C(C)COc1ccc(C(O)CC)cc1. The van der Waals surface area contributed by atoms with Crippen LogP contribution in [0.15, 0.2) is 36.4 Å². The van der Waals surface area contributed by atoms with Gasteiger partial charge in [-0.15, -0.1) is 0 Å². The zero-order valence-corrected chi connectivity index (χ0v) is 9.36. The topological polar surface area (TPSA) is 29.5 Å². The number of benzene rings is 1. The first kappa shape index (κ1) is 11.8. The highest BCUT2D eigenvalue weighted by Crippen LogP contribution is 2.19. The Balaban J connectivity index is 2.60. The Morgan fingerprint density at radius 2 is 2.00 bits per heavy atom. The second-order valence-corrected chi connectivity index (χ2v) is 3.74. The standard InChI is InChI=1S/C13H18O2/c1-4-13(14)11-5-7-12(8-6-11)15-9-10(2)3/h5-8,13-14H,2,4,9H2,1,3H3. The Morgan fingerprint density at radius 3 is 2.47 bits per heavy atom. The predicted molar refractivity (Wildman–Crippen MR) is 62.0 cm³/mol. The summed E-state index contributed by atoms with van der Waals surface area (Å²) in [7, 11) is 0. The van der Waals surface area contributed by atoms with Crippen LogP contribution >= 0.6 is 0 Å². The van der Waals surface area contributed by atoms with Gasteiger partial charge in [0.1, 0.15) is 12.4 Å². The molecular formula is C13H18O2. The average Bonchev–Trinajstić information content (AvgIpc) is 2.26. The van der Waals surface area contributed by atoms with Gasteiger partial charge in [0.2, 0.25) is 0 Å². The number of aliphatic hydroxyl groups excluding tert-OH is 1. The van der Waals surface area contributed by atoms with Crippen LogP contribution in [0.25, 0.3) is 0 Å². The fourth-order valence-electron chi connectivity index (χ4n) is 1.23. The molecule has 1 atom stereocenters. The van der Waals surface area contributed by atoms with Gasteiger partial charge in [0.25, 0.3) is 0 Å². The van der Waals surface area contributed by atoms with E-state index in [-0.39, 0.29) is 6.10 Å². The molecule has 1 rings (SSSR count). The summed E-state index contributed by atoms with van der Waals surface area (Å²) in [6, 6.07) is 7.53. The van der Waals surface area contributed by atoms with Gasteiger partial charge in [-0.3, -0.25) is 0 Å². The van der Waals surface area contributed by atoms with E-state index >= 15 is 0 Å². The quantitative estimate of drug-likeness (QED) is 0.750. The van der Waals surface area contributed by atoms with Crippen molar-refractivity contribution in [3.05, 3.63) is 42.0 Å². The Bertz CT molecular complexity index is 314. The first-order valence-corrected chi connectivity index (χ1v) is 5.18. The van der Waals surface area contributed by atoms with E-state index in [1.807, 2.05) is 38.1 Å². The first-order valence-electron chi connectivity index (χ1n) is 5.18. The van der Waals surface area contributed by atoms with E-state index in [1.165, 1.54) is 0 Å². The van der Waals surface area contributed by atoms with Crippen molar-refractivity contribution < 1.29 is 9.84 Å². The molecule has 1 aromatic carbocycles. The monoisotopic (exact) mass is 206 g/mol. The third kappa shape index (κ3) is 3.76. The summed E-state index contributed by atoms with van der Waals surface area (Å²) in [4.78, 5) is 0. The van der Waals surface area contributed by atoms with Crippen LogP contribution in [0, 0.1) is 0 Å². The summed E-state index contributed by atoms with van der Waals surface area (Å²) in [5.74, 6) is 0.810. The average molecular weight is 206 g/mol. The smallest absolute Gasteiger partial charge is 0.119 e. The molecule has 0 saturated carbocycles. The molecule has 1 N–H and O–H groups in total. The van der Waals surface area contributed by atoms with Crippen molar-refractivity contribution >= 4 is 0 Å². The lowest BCUT2D eigenvalue weighted by Crippen LogP contribution is -1.98. The van der Waals surface area contributed by atoms with E-state index in [2.05, 4.69) is 6.58 Å². The summed E-state index contributed by atoms with van der Waals surface area (Å²) in [5.41, 5.74) is 1.92. The minimum Gasteiger partial charge on any atom is -0.489 e. The van der Waals surface area contributed by atoms with Gasteiger partial charge in [-0.1, -0.05) is 25.6 Å². The highest BCUT2D eigenvalue weighted by Gasteiger charge is 2.03. The highest BCUT2D eigenvalue weighted by atomic mass is 16.5. The van der Waals surface area contributed by atoms with Crippen molar-refractivity contribution in [3.8, 4) is 5.75 Å². The van der Waals surface area contributed by atoms with Crippen LogP contribution in [0.2, 0.25) is 0 Å². The molecule has 0 spiro atoms. The van der Waals surface area contributed by atoms with E-state index in [0.29, 0.717) is 6.61 Å². The van der Waals surface area contributed by atoms with Gasteiger partial charge in [-0.25, -0.2) is 0 Å². The van der Waals surface area contributed by atoms with E-state index < -0.39 is 0 Å². The second-order valence-electron chi connectivity index (χ2n) is 3.74. The van der Waals surface area contributed by atoms with Crippen molar-refractivity contribution in [3.63, 3.8) is 0 Å². The Kier molecular flexibility index (Phi) is 4.37. The summed E-state index contributed by atoms with van der Waals surface area (Å²) >= 11 is 0. The lowest BCUT2D eigenvalue weighted by molar-refractivity contribution is 0.173. The van der Waals surface area contributed by atoms with Crippen LogP contribution in [-0.2, 0) is 0 Å². The van der Waals surface area contributed by atoms with Gasteiger partial charge in [-0.2, -0.15) is 0 Å². The van der Waals surface area contributed by atoms with Crippen molar-refractivity contribution in [1.82, 2.24) is 0 Å². The number of ether oxygens (including phenoxy) is 1. The van der Waals surface area contributed by atoms with Gasteiger partial charge in [0.15, 0.2) is 0 Å². The number of rotatable bonds is 5. The van der Waals surface area contributed by atoms with E-state index in [1.54, 1.807) is 0 Å². The Hall–Kier alpha value is -1.28. The molecular weight excluding hydrogens is 188 g/mol. The first-order chi connectivity index (χ1) is 7.13. The Labute approximate surface area is 91.2 Å². The summed E-state index contributed by atoms with van der Waals surface area (Å²) < 4.78 is 5.45. The Morgan fingerprint density at radius 1 is 1.40 bits per heavy atom. The molecule has 0 heterocycles. The molecule has 0 aliphatic rings. The summed E-state index contributed by atoms with van der Waals surface area (Å²) in [6.07, 6.45) is 0.353. The molecule has 0 radical (unpaired) electrons. The largest absolute Gasteiger partial charge is 0.489 e. The zero-order valence-electron chi connectivity index (χ0n) is 9.36. The minimum atomic E-state index is -0.375. The van der Waals surface area contributed by atoms with Crippen LogP contribution in [-0.4, -0.2) is 11.7 Å². The van der Waals surface area contributed by atoms with E-state index in [4.69, 9.17) is 4.74 Å². The molecule has 0 aliphatic heterocycles. The lowest BCUT2D eigenvalue weighted by Gasteiger charge is -2.09. The molecule has 1 aromatic rings. The predicted octanol–water partition coefficient (Wildman–Crippen LogP) is 3.08. The third-order valence-electron chi connectivity index (χ3n) is 2.14. The molecule has 82 valence electrons. The van der Waals surface area contributed by atoms with E-state index in [9.17, 15) is 5.11 Å². The molecule has 2 heteroatoms. The molecule has 1 unspecified atom stereocenters. The van der Waals surface area contributed by atoms with Gasteiger partial charge in [-0.05, 0) is 36.6 Å². The minimum absolute atomic E-state index is 0.375. The molecule has 2 nitrogen and oxygen atoms in total. The maximum atomic E-state index is 9.58. The molecule has 0 aliphatic carbocycles. The van der Waals surface area contributed by atoms with Crippen LogP contribution in [0.5, 0.6) is 5.75 Å². The van der Waals surface area contributed by atoms with Crippen LogP contribution in [0.1, 0.15) is 31.9 Å². The van der Waals surface area contributed by atoms with Crippen molar-refractivity contribution in [2.45, 2.75) is 26.4 Å². The van der Waals surface area contributed by atoms with Crippen molar-refractivity contribution in [2.75, 3.05) is 6.61 Å². The molecule has 0 aromatic heterocycles. The van der Waals surface area contributed by atoms with Gasteiger partial charge < -0.3 is 9.84 Å². The third-order valence-corrected chi connectivity index (χ3v) is 2.14. The van der Waals surface area contributed by atoms with Crippen LogP contribution in [0.3, 0.4) is 0 Å². The fraction of sp³-hybridized carbons (Fsp3) is 0.385. The highest BCUT2D eigenvalue weighted by molar-refractivity contribution is 5.28. The maximum Gasteiger partial charge on any atom is 0.119 e. The molecule has 0 fully saturated rings. The fourth-order valence-corrected chi connectivity index (χ4v) is 1.23. The number of hydrogen-bond acceptors (Lipinski definition) is 2. The lowest BCUT2D eigenvalue weighted by atomic mass is 10.1. The maximum absolute atomic E-state index is 9.58. The molecule has 0 saturated heterocycles. The number of aliphatic hydroxyl groups is 1. The van der Waals surface area contributed by atoms with E-state index in [0.717, 1.165) is 23.3 Å². The van der Waals surface area contributed by atoms with Gasteiger partial charge in [0, 0.05) is 0 Å². The zero-order chi connectivity index (χ0) is 11.3. The summed E-state index contributed by atoms with van der Waals surface area (Å²) in [6.45, 7) is 8.18. The van der Waals surface area contributed by atoms with Crippen LogP contribution < -0.4 is 4.74 Å². The molecule has 0 amide bonds. The van der Waals surface area contributed by atoms with Crippen molar-refractivity contribution in [2.24, 2.45) is 0 Å². The molecule has 15 heavy (non-hydrogen) atoms. The number of hydrogen-bond donors (Lipinski definition) is 1. The molecule has 0 bridgehead atoms. The van der Waals surface area contributed by atoms with Crippen molar-refractivity contribution in [1.29, 1.82) is 0 Å². The normalized spacial score (nSPS) is 12.2. The second kappa shape index (κ2) is 5.56. The summed E-state index contributed by atoms with van der Waals surface area (Å²) in [5, 5.41) is 9.58. The van der Waals surface area contributed by atoms with Crippen LogP contribution in [0.4, 0.5) is 0 Å².